The zero-order valence-electron chi connectivity index (χ0n) is 20.5. The highest BCUT2D eigenvalue weighted by molar-refractivity contribution is 5.79. The van der Waals surface area contributed by atoms with Crippen molar-refractivity contribution in [3.8, 4) is 11.5 Å². The van der Waals surface area contributed by atoms with Crippen LogP contribution in [0.3, 0.4) is 0 Å². The molecule has 2 aromatic rings. The summed E-state index contributed by atoms with van der Waals surface area (Å²) < 4.78 is 11.2. The third kappa shape index (κ3) is 6.07. The Bertz CT molecular complexity index is 923. The average molecular weight is 467 g/mol. The molecule has 1 aromatic heterocycles. The Morgan fingerprint density at radius 3 is 2.62 bits per heavy atom. The highest BCUT2D eigenvalue weighted by Gasteiger charge is 2.38. The molecular formula is C27H38N4O3. The lowest BCUT2D eigenvalue weighted by molar-refractivity contribution is -0.129. The van der Waals surface area contributed by atoms with Crippen molar-refractivity contribution in [1.29, 1.82) is 0 Å². The quantitative estimate of drug-likeness (QED) is 0.703. The maximum absolute atomic E-state index is 13.2. The van der Waals surface area contributed by atoms with Gasteiger partial charge < -0.3 is 14.8 Å². The number of benzene rings is 1. The highest BCUT2D eigenvalue weighted by Crippen LogP contribution is 2.33. The molecule has 184 valence electrons. The van der Waals surface area contributed by atoms with Crippen LogP contribution in [0, 0.1) is 5.92 Å². The lowest BCUT2D eigenvalue weighted by Gasteiger charge is -2.44. The fourth-order valence-corrected chi connectivity index (χ4v) is 5.36. The van der Waals surface area contributed by atoms with Crippen molar-refractivity contribution in [1.82, 2.24) is 20.1 Å². The van der Waals surface area contributed by atoms with Crippen molar-refractivity contribution in [2.75, 3.05) is 40.4 Å². The molecule has 0 saturated carbocycles. The summed E-state index contributed by atoms with van der Waals surface area (Å²) in [7, 11) is 3.37. The lowest BCUT2D eigenvalue weighted by Crippen LogP contribution is -2.56. The second-order valence-corrected chi connectivity index (χ2v) is 9.38. The van der Waals surface area contributed by atoms with Crippen LogP contribution in [-0.2, 0) is 17.9 Å². The molecule has 2 saturated heterocycles. The first-order valence-corrected chi connectivity index (χ1v) is 12.5. The summed E-state index contributed by atoms with van der Waals surface area (Å²) in [6.07, 6.45) is 9.16. The highest BCUT2D eigenvalue weighted by atomic mass is 16.5. The smallest absolute Gasteiger partial charge is 0.224 e. The molecule has 1 N–H and O–H groups in total. The standard InChI is InChI=1S/C27H38N4O3/c1-33-25-9-7-8-22(26(25)34-2)19-30-17-12-23-24(20-30)31(18-21-10-14-28-15-11-21)16-6-4-3-5-13-29-27(23)32/h7-11,14-15,23-24H,3-6,12-13,16-20H2,1-2H3,(H,29,32). The first-order valence-electron chi connectivity index (χ1n) is 12.5. The van der Waals surface area contributed by atoms with E-state index in [0.717, 1.165) is 75.6 Å². The van der Waals surface area contributed by atoms with Gasteiger partial charge in [-0.2, -0.15) is 0 Å². The topological polar surface area (TPSA) is 66.9 Å². The third-order valence-corrected chi connectivity index (χ3v) is 7.16. The zero-order valence-corrected chi connectivity index (χ0v) is 20.5. The van der Waals surface area contributed by atoms with Gasteiger partial charge >= 0.3 is 0 Å². The summed E-state index contributed by atoms with van der Waals surface area (Å²) in [4.78, 5) is 22.4. The molecule has 3 heterocycles. The minimum Gasteiger partial charge on any atom is -0.493 e. The molecule has 2 aliphatic rings. The van der Waals surface area contributed by atoms with Crippen molar-refractivity contribution < 1.29 is 14.3 Å². The van der Waals surface area contributed by atoms with Gasteiger partial charge in [-0.25, -0.2) is 0 Å². The van der Waals surface area contributed by atoms with Crippen molar-refractivity contribution in [2.24, 2.45) is 5.92 Å². The van der Waals surface area contributed by atoms with E-state index < -0.39 is 0 Å². The van der Waals surface area contributed by atoms with E-state index in [2.05, 4.69) is 38.3 Å². The largest absolute Gasteiger partial charge is 0.493 e. The zero-order chi connectivity index (χ0) is 23.8. The van der Waals surface area contributed by atoms with E-state index in [0.29, 0.717) is 0 Å². The van der Waals surface area contributed by atoms with Crippen LogP contribution in [0.25, 0.3) is 0 Å². The molecule has 0 aliphatic carbocycles. The number of carbonyl (C=O) groups excluding carboxylic acids is 1. The van der Waals surface area contributed by atoms with Crippen molar-refractivity contribution in [2.45, 2.75) is 51.2 Å². The van der Waals surface area contributed by atoms with Gasteiger partial charge in [0.2, 0.25) is 5.91 Å². The number of fused-ring (bicyclic) bond motifs is 1. The van der Waals surface area contributed by atoms with Gasteiger partial charge in [0.1, 0.15) is 0 Å². The molecule has 34 heavy (non-hydrogen) atoms. The van der Waals surface area contributed by atoms with Gasteiger partial charge in [-0.3, -0.25) is 19.6 Å². The summed E-state index contributed by atoms with van der Waals surface area (Å²) >= 11 is 0. The summed E-state index contributed by atoms with van der Waals surface area (Å²) in [6, 6.07) is 10.4. The van der Waals surface area contributed by atoms with Gasteiger partial charge in [-0.15, -0.1) is 0 Å². The molecule has 1 aromatic carbocycles. The molecule has 2 unspecified atom stereocenters. The predicted molar refractivity (Wildman–Crippen MR) is 133 cm³/mol. The fraction of sp³-hybridized carbons (Fsp3) is 0.556. The number of aromatic nitrogens is 1. The Balaban J connectivity index is 1.57. The molecule has 0 bridgehead atoms. The maximum atomic E-state index is 13.2. The second-order valence-electron chi connectivity index (χ2n) is 9.38. The number of carbonyl (C=O) groups is 1. The van der Waals surface area contributed by atoms with E-state index in [9.17, 15) is 4.79 Å². The summed E-state index contributed by atoms with van der Waals surface area (Å²) in [5, 5.41) is 3.23. The van der Waals surface area contributed by atoms with E-state index in [-0.39, 0.29) is 17.9 Å². The number of rotatable bonds is 6. The van der Waals surface area contributed by atoms with E-state index >= 15 is 0 Å². The van der Waals surface area contributed by atoms with Crippen LogP contribution < -0.4 is 14.8 Å². The Morgan fingerprint density at radius 1 is 1.00 bits per heavy atom. The van der Waals surface area contributed by atoms with Crippen LogP contribution in [0.15, 0.2) is 42.7 Å². The number of amides is 1. The van der Waals surface area contributed by atoms with Gasteiger partial charge in [0.15, 0.2) is 11.5 Å². The SMILES string of the molecule is COc1cccc(CN2CCC3C(=O)NCCCCCCN(Cc4ccncc4)C3C2)c1OC. The fourth-order valence-electron chi connectivity index (χ4n) is 5.36. The molecule has 7 heteroatoms. The molecule has 1 amide bonds. The van der Waals surface area contributed by atoms with Crippen molar-refractivity contribution in [3.63, 3.8) is 0 Å². The van der Waals surface area contributed by atoms with Crippen LogP contribution >= 0.6 is 0 Å². The number of ether oxygens (including phenoxy) is 2. The molecule has 2 atom stereocenters. The number of piperidine rings is 1. The van der Waals surface area contributed by atoms with Crippen molar-refractivity contribution in [3.05, 3.63) is 53.9 Å². The molecule has 0 spiro atoms. The van der Waals surface area contributed by atoms with E-state index in [1.165, 1.54) is 18.4 Å². The van der Waals surface area contributed by atoms with Crippen LogP contribution in [0.2, 0.25) is 0 Å². The number of likely N-dealkylation sites (tertiary alicyclic amines) is 1. The van der Waals surface area contributed by atoms with Gasteiger partial charge in [0.05, 0.1) is 20.1 Å². The lowest BCUT2D eigenvalue weighted by atomic mass is 9.88. The first kappa shape index (κ1) is 24.5. The van der Waals surface area contributed by atoms with Crippen LogP contribution in [0.1, 0.15) is 43.2 Å². The molecule has 0 radical (unpaired) electrons. The van der Waals surface area contributed by atoms with E-state index in [1.54, 1.807) is 14.2 Å². The van der Waals surface area contributed by atoms with Crippen LogP contribution in [0.5, 0.6) is 11.5 Å². The third-order valence-electron chi connectivity index (χ3n) is 7.16. The normalized spacial score (nSPS) is 22.8. The second kappa shape index (κ2) is 12.2. The summed E-state index contributed by atoms with van der Waals surface area (Å²) in [5.74, 6) is 1.76. The summed E-state index contributed by atoms with van der Waals surface area (Å²) in [5.41, 5.74) is 2.36. The van der Waals surface area contributed by atoms with Gasteiger partial charge in [0.25, 0.3) is 0 Å². The minimum atomic E-state index is 0.00314. The van der Waals surface area contributed by atoms with Gasteiger partial charge in [0, 0.05) is 50.2 Å². The Labute approximate surface area is 203 Å². The summed E-state index contributed by atoms with van der Waals surface area (Å²) in [6.45, 7) is 5.15. The minimum absolute atomic E-state index is 0.00314. The monoisotopic (exact) mass is 466 g/mol. The molecule has 2 fully saturated rings. The Kier molecular flexibility index (Phi) is 8.77. The van der Waals surface area contributed by atoms with Crippen molar-refractivity contribution >= 4 is 5.91 Å². The van der Waals surface area contributed by atoms with Crippen LogP contribution in [0.4, 0.5) is 0 Å². The number of nitrogens with one attached hydrogen (secondary N) is 1. The van der Waals surface area contributed by atoms with E-state index in [1.807, 2.05) is 24.5 Å². The Hall–Kier alpha value is -2.64. The number of nitrogens with zero attached hydrogens (tertiary/aromatic N) is 3. The van der Waals surface area contributed by atoms with Crippen LogP contribution in [-0.4, -0.2) is 67.1 Å². The predicted octanol–water partition coefficient (Wildman–Crippen LogP) is 3.48. The van der Waals surface area contributed by atoms with Gasteiger partial charge in [-0.05, 0) is 56.1 Å². The number of hydrogen-bond acceptors (Lipinski definition) is 6. The Morgan fingerprint density at radius 2 is 1.82 bits per heavy atom. The molecular weight excluding hydrogens is 428 g/mol. The molecule has 7 nitrogen and oxygen atoms in total. The average Bonchev–Trinajstić information content (AvgIpc) is 2.90. The number of pyridine rings is 1. The van der Waals surface area contributed by atoms with E-state index in [4.69, 9.17) is 9.47 Å². The number of methoxy groups -OCH3 is 2. The number of hydrogen-bond donors (Lipinski definition) is 1. The maximum Gasteiger partial charge on any atom is 0.224 e. The first-order chi connectivity index (χ1) is 16.7. The number of para-hydroxylation sites is 1. The molecule has 2 aliphatic heterocycles. The van der Waals surface area contributed by atoms with Gasteiger partial charge in [-0.1, -0.05) is 25.0 Å². The molecule has 4 rings (SSSR count).